The van der Waals surface area contributed by atoms with Gasteiger partial charge >= 0.3 is 6.03 Å². The summed E-state index contributed by atoms with van der Waals surface area (Å²) in [6.45, 7) is 2.20. The number of hydrogen-bond donors (Lipinski definition) is 3. The first-order valence-electron chi connectivity index (χ1n) is 8.02. The standard InChI is InChI=1S/C18H22N2O3S2/c1-13(25-12-16(21)14-6-3-2-4-7-14)17(22)20-18(23)19-10-9-15-8-5-11-24-15/h2-8,11,13,16,21H,9-10,12H2,1H3,(H2,19,20,22,23). The van der Waals surface area contributed by atoms with Crippen molar-refractivity contribution >= 4 is 35.0 Å². The van der Waals surface area contributed by atoms with Crippen LogP contribution in [0.5, 0.6) is 0 Å². The molecule has 0 aliphatic rings. The number of hydrogen-bond acceptors (Lipinski definition) is 5. The molecule has 7 heteroatoms. The lowest BCUT2D eigenvalue weighted by Crippen LogP contribution is -2.43. The van der Waals surface area contributed by atoms with E-state index in [1.54, 1.807) is 18.3 Å². The summed E-state index contributed by atoms with van der Waals surface area (Å²) >= 11 is 2.95. The molecule has 1 aromatic heterocycles. The topological polar surface area (TPSA) is 78.4 Å². The van der Waals surface area contributed by atoms with Crippen molar-refractivity contribution in [1.29, 1.82) is 0 Å². The van der Waals surface area contributed by atoms with E-state index in [1.807, 2.05) is 47.8 Å². The van der Waals surface area contributed by atoms with Crippen LogP contribution in [0.2, 0.25) is 0 Å². The Labute approximate surface area is 155 Å². The highest BCUT2D eigenvalue weighted by atomic mass is 32.2. The number of thiophene rings is 1. The highest BCUT2D eigenvalue weighted by Gasteiger charge is 2.18. The van der Waals surface area contributed by atoms with E-state index in [2.05, 4.69) is 10.6 Å². The van der Waals surface area contributed by atoms with Gasteiger partial charge in [0.1, 0.15) is 0 Å². The van der Waals surface area contributed by atoms with Gasteiger partial charge in [-0.15, -0.1) is 23.1 Å². The largest absolute Gasteiger partial charge is 0.388 e. The molecule has 0 radical (unpaired) electrons. The van der Waals surface area contributed by atoms with E-state index in [4.69, 9.17) is 0 Å². The summed E-state index contributed by atoms with van der Waals surface area (Å²) in [6.07, 6.45) is 0.105. The average Bonchev–Trinajstić information content (AvgIpc) is 3.13. The molecule has 1 aromatic carbocycles. The summed E-state index contributed by atoms with van der Waals surface area (Å²) in [5.41, 5.74) is 0.814. The molecular formula is C18H22N2O3S2. The van der Waals surface area contributed by atoms with E-state index in [0.29, 0.717) is 12.3 Å². The summed E-state index contributed by atoms with van der Waals surface area (Å²) in [5.74, 6) is 0.0254. The smallest absolute Gasteiger partial charge is 0.321 e. The first-order chi connectivity index (χ1) is 12.1. The van der Waals surface area contributed by atoms with Crippen molar-refractivity contribution in [1.82, 2.24) is 10.6 Å². The Morgan fingerprint density at radius 2 is 1.96 bits per heavy atom. The number of carbonyl (C=O) groups is 2. The van der Waals surface area contributed by atoms with Gasteiger partial charge in [0.2, 0.25) is 5.91 Å². The maximum absolute atomic E-state index is 12.0. The quantitative estimate of drug-likeness (QED) is 0.660. The van der Waals surface area contributed by atoms with E-state index < -0.39 is 17.4 Å². The zero-order chi connectivity index (χ0) is 18.1. The Morgan fingerprint density at radius 1 is 1.20 bits per heavy atom. The number of carbonyl (C=O) groups excluding carboxylic acids is 2. The van der Waals surface area contributed by atoms with Crippen LogP contribution in [0.3, 0.4) is 0 Å². The molecule has 1 heterocycles. The number of thioether (sulfide) groups is 1. The lowest BCUT2D eigenvalue weighted by molar-refractivity contribution is -0.119. The SMILES string of the molecule is CC(SCC(O)c1ccccc1)C(=O)NC(=O)NCCc1cccs1. The van der Waals surface area contributed by atoms with Crippen molar-refractivity contribution in [2.24, 2.45) is 0 Å². The van der Waals surface area contributed by atoms with E-state index >= 15 is 0 Å². The molecule has 2 atom stereocenters. The zero-order valence-electron chi connectivity index (χ0n) is 14.0. The molecule has 25 heavy (non-hydrogen) atoms. The van der Waals surface area contributed by atoms with Gasteiger partial charge in [-0.3, -0.25) is 10.1 Å². The molecule has 0 aliphatic carbocycles. The number of urea groups is 1. The average molecular weight is 379 g/mol. The van der Waals surface area contributed by atoms with Gasteiger partial charge in [-0.25, -0.2) is 4.79 Å². The van der Waals surface area contributed by atoms with Crippen LogP contribution in [-0.4, -0.2) is 34.6 Å². The minimum absolute atomic E-state index is 0.362. The molecule has 2 aromatic rings. The van der Waals surface area contributed by atoms with Crippen molar-refractivity contribution in [2.75, 3.05) is 12.3 Å². The summed E-state index contributed by atoms with van der Waals surface area (Å²) < 4.78 is 0. The molecule has 0 spiro atoms. The molecule has 2 rings (SSSR count). The van der Waals surface area contributed by atoms with E-state index in [1.165, 1.54) is 16.6 Å². The number of nitrogens with one attached hydrogen (secondary N) is 2. The van der Waals surface area contributed by atoms with Gasteiger partial charge in [0, 0.05) is 17.2 Å². The Balaban J connectivity index is 1.66. The number of aliphatic hydroxyl groups is 1. The molecule has 0 aliphatic heterocycles. The molecular weight excluding hydrogens is 356 g/mol. The predicted molar refractivity (Wildman–Crippen MR) is 103 cm³/mol. The molecule has 2 unspecified atom stereocenters. The van der Waals surface area contributed by atoms with Crippen LogP contribution < -0.4 is 10.6 Å². The molecule has 0 bridgehead atoms. The maximum atomic E-state index is 12.0. The van der Waals surface area contributed by atoms with Crippen molar-refractivity contribution in [3.63, 3.8) is 0 Å². The van der Waals surface area contributed by atoms with E-state index in [-0.39, 0.29) is 5.91 Å². The van der Waals surface area contributed by atoms with Crippen LogP contribution in [0.1, 0.15) is 23.5 Å². The summed E-state index contributed by atoms with van der Waals surface area (Å²) in [7, 11) is 0. The first kappa shape index (κ1) is 19.5. The van der Waals surface area contributed by atoms with Gasteiger partial charge in [-0.1, -0.05) is 36.4 Å². The third-order valence-electron chi connectivity index (χ3n) is 3.53. The third-order valence-corrected chi connectivity index (χ3v) is 5.69. The molecule has 3 N–H and O–H groups in total. The lowest BCUT2D eigenvalue weighted by Gasteiger charge is -2.15. The van der Waals surface area contributed by atoms with Crippen molar-refractivity contribution in [3.05, 3.63) is 58.3 Å². The van der Waals surface area contributed by atoms with Crippen LogP contribution in [0.25, 0.3) is 0 Å². The summed E-state index contributed by atoms with van der Waals surface area (Å²) in [5, 5.41) is 16.7. The second-order valence-electron chi connectivity index (χ2n) is 5.48. The number of amides is 3. The summed E-state index contributed by atoms with van der Waals surface area (Å²) in [6, 6.07) is 12.8. The number of benzene rings is 1. The van der Waals surface area contributed by atoms with Crippen molar-refractivity contribution < 1.29 is 14.7 Å². The fraction of sp³-hybridized carbons (Fsp3) is 0.333. The Morgan fingerprint density at radius 3 is 2.64 bits per heavy atom. The monoisotopic (exact) mass is 378 g/mol. The summed E-state index contributed by atoms with van der Waals surface area (Å²) in [4.78, 5) is 25.0. The predicted octanol–water partition coefficient (Wildman–Crippen LogP) is 2.97. The van der Waals surface area contributed by atoms with Gasteiger partial charge in [0.25, 0.3) is 0 Å². The molecule has 0 saturated heterocycles. The maximum Gasteiger partial charge on any atom is 0.321 e. The van der Waals surface area contributed by atoms with Gasteiger partial charge in [-0.2, -0.15) is 0 Å². The van der Waals surface area contributed by atoms with Crippen molar-refractivity contribution in [2.45, 2.75) is 24.7 Å². The lowest BCUT2D eigenvalue weighted by atomic mass is 10.1. The van der Waals surface area contributed by atoms with Crippen LogP contribution in [-0.2, 0) is 11.2 Å². The van der Waals surface area contributed by atoms with Crippen LogP contribution >= 0.6 is 23.1 Å². The Bertz CT molecular complexity index is 662. The molecule has 5 nitrogen and oxygen atoms in total. The minimum atomic E-state index is -0.638. The van der Waals surface area contributed by atoms with Gasteiger partial charge in [0.15, 0.2) is 0 Å². The minimum Gasteiger partial charge on any atom is -0.388 e. The van der Waals surface area contributed by atoms with E-state index in [9.17, 15) is 14.7 Å². The van der Waals surface area contributed by atoms with Crippen LogP contribution in [0.4, 0.5) is 4.79 Å². The van der Waals surface area contributed by atoms with Gasteiger partial charge < -0.3 is 10.4 Å². The zero-order valence-corrected chi connectivity index (χ0v) is 15.6. The van der Waals surface area contributed by atoms with Gasteiger partial charge in [-0.05, 0) is 30.4 Å². The normalized spacial score (nSPS) is 13.0. The molecule has 0 fully saturated rings. The van der Waals surface area contributed by atoms with Crippen molar-refractivity contribution in [3.8, 4) is 0 Å². The Hall–Kier alpha value is -1.83. The molecule has 134 valence electrons. The fourth-order valence-electron chi connectivity index (χ4n) is 2.09. The number of rotatable bonds is 8. The highest BCUT2D eigenvalue weighted by Crippen LogP contribution is 2.21. The second-order valence-corrected chi connectivity index (χ2v) is 7.88. The first-order valence-corrected chi connectivity index (χ1v) is 9.95. The van der Waals surface area contributed by atoms with Gasteiger partial charge in [0.05, 0.1) is 11.4 Å². The van der Waals surface area contributed by atoms with Crippen LogP contribution in [0, 0.1) is 0 Å². The number of imide groups is 1. The fourth-order valence-corrected chi connectivity index (χ4v) is 3.68. The third kappa shape index (κ3) is 6.89. The number of aliphatic hydroxyl groups excluding tert-OH is 1. The van der Waals surface area contributed by atoms with Crippen LogP contribution in [0.15, 0.2) is 47.8 Å². The highest BCUT2D eigenvalue weighted by molar-refractivity contribution is 8.00. The second kappa shape index (κ2) is 10.2. The molecule has 0 saturated carbocycles. The Kier molecular flexibility index (Phi) is 7.97. The molecule has 3 amide bonds. The van der Waals surface area contributed by atoms with E-state index in [0.717, 1.165) is 12.0 Å².